The van der Waals surface area contributed by atoms with Gasteiger partial charge in [0.15, 0.2) is 0 Å². The van der Waals surface area contributed by atoms with Crippen LogP contribution in [-0.4, -0.2) is 45.6 Å². The Morgan fingerprint density at radius 2 is 1.57 bits per heavy atom. The van der Waals surface area contributed by atoms with E-state index in [1.807, 2.05) is 0 Å². The molecule has 0 saturated carbocycles. The summed E-state index contributed by atoms with van der Waals surface area (Å²) in [4.78, 5) is 34.9. The van der Waals surface area contributed by atoms with E-state index in [0.29, 0.717) is 6.42 Å². The van der Waals surface area contributed by atoms with E-state index in [2.05, 4.69) is 18.5 Å². The first-order chi connectivity index (χ1) is 9.80. The minimum absolute atomic E-state index is 0. The van der Waals surface area contributed by atoms with Crippen molar-refractivity contribution < 1.29 is 103 Å². The van der Waals surface area contributed by atoms with Crippen LogP contribution in [0.3, 0.4) is 0 Å². The predicted octanol–water partition coefficient (Wildman–Crippen LogP) is -1.52. The van der Waals surface area contributed by atoms with E-state index in [0.717, 1.165) is 0 Å². The maximum Gasteiger partial charge on any atom is 1.00 e. The normalized spacial score (nSPS) is 20.0. The van der Waals surface area contributed by atoms with Crippen molar-refractivity contribution in [2.24, 2.45) is 0 Å². The summed E-state index contributed by atoms with van der Waals surface area (Å²) in [6, 6.07) is 0. The number of hydrogen-bond donors (Lipinski definition) is 4. The second-order valence-electron chi connectivity index (χ2n) is 3.91. The first-order valence-corrected chi connectivity index (χ1v) is 10.3. The van der Waals surface area contributed by atoms with Crippen LogP contribution in [0.4, 0.5) is 0 Å². The van der Waals surface area contributed by atoms with E-state index in [4.69, 9.17) is 19.4 Å². The molecule has 0 aliphatic heterocycles. The zero-order valence-electron chi connectivity index (χ0n) is 13.0. The number of phosphoric acid groups is 3. The monoisotopic (exact) mass is 425 g/mol. The van der Waals surface area contributed by atoms with Crippen LogP contribution in [0.5, 0.6) is 0 Å². The minimum Gasteiger partial charge on any atom is -0.640 e. The summed E-state index contributed by atoms with van der Waals surface area (Å²) in [5.74, 6) is 0. The number of nitrogens with zero attached hydrogens (tertiary/aromatic N) is 1. The Hall–Kier alpha value is 1.97. The molecule has 0 aliphatic carbocycles. The van der Waals surface area contributed by atoms with Gasteiger partial charge in [0.25, 0.3) is 0 Å². The molecule has 0 rings (SSSR count). The van der Waals surface area contributed by atoms with Gasteiger partial charge in [-0.2, -0.15) is 15.7 Å². The number of ether oxygens (including phenoxy) is 1. The predicted molar refractivity (Wildman–Crippen MR) is 73.7 cm³/mol. The Balaban J connectivity index is 0. The van der Waals surface area contributed by atoms with Crippen molar-refractivity contribution in [2.45, 2.75) is 32.6 Å². The summed E-state index contributed by atoms with van der Waals surface area (Å²) in [5.41, 5.74) is 0. The molecular formula is C7H19KNO11P3. The van der Waals surface area contributed by atoms with Gasteiger partial charge in [-0.1, -0.05) is 13.8 Å². The third-order valence-corrected chi connectivity index (χ3v) is 5.85. The summed E-state index contributed by atoms with van der Waals surface area (Å²) < 4.78 is 49.8. The summed E-state index contributed by atoms with van der Waals surface area (Å²) in [6.45, 7) is 2.82. The molecule has 0 heterocycles. The fourth-order valence-electron chi connectivity index (χ4n) is 1.07. The van der Waals surface area contributed by atoms with Gasteiger partial charge in [-0.3, -0.25) is 4.52 Å². The topological polar surface area (TPSA) is 183 Å². The molecule has 0 aromatic carbocycles. The number of hydrogen-bond acceptors (Lipinski definition) is 7. The largest absolute Gasteiger partial charge is 1.00 e. The van der Waals surface area contributed by atoms with Crippen LogP contribution in [0.2, 0.25) is 0 Å². The van der Waals surface area contributed by atoms with Crippen LogP contribution in [0.25, 0.3) is 5.32 Å². The maximum atomic E-state index is 11.5. The maximum absolute atomic E-state index is 11.5. The Bertz CT molecular complexity index is 484. The van der Waals surface area contributed by atoms with Crippen molar-refractivity contribution in [1.29, 1.82) is 0 Å². The zero-order chi connectivity index (χ0) is 17.6. The van der Waals surface area contributed by atoms with Crippen LogP contribution < -0.4 is 51.4 Å². The SMILES string of the molecule is CCC(COP(=O)(O)OP(=O)(O)OP(=O)(O)O)OC(C)[N-]C.[K+]. The van der Waals surface area contributed by atoms with Crippen molar-refractivity contribution in [3.8, 4) is 0 Å². The molecule has 0 bridgehead atoms. The minimum atomic E-state index is -5.50. The standard InChI is InChI=1S/C7H19NO11P3.K/c1-4-7(17-6(2)8-3)5-16-21(12,13)19-22(14,15)18-20(9,10)11;/h6-7H,4-5H2,1-3H3,(H,12,13)(H,14,15)(H2,9,10,11);/q-1;+1. The Morgan fingerprint density at radius 3 is 1.96 bits per heavy atom. The van der Waals surface area contributed by atoms with Gasteiger partial charge in [-0.05, 0) is 12.6 Å². The van der Waals surface area contributed by atoms with Crippen molar-refractivity contribution in [3.05, 3.63) is 5.32 Å². The van der Waals surface area contributed by atoms with Crippen LogP contribution in [0, 0.1) is 0 Å². The van der Waals surface area contributed by atoms with Gasteiger partial charge in [-0.25, -0.2) is 13.7 Å². The summed E-state index contributed by atoms with van der Waals surface area (Å²) in [7, 11) is -14.5. The molecular weight excluding hydrogens is 406 g/mol. The van der Waals surface area contributed by atoms with Crippen molar-refractivity contribution in [3.63, 3.8) is 0 Å². The molecule has 23 heavy (non-hydrogen) atoms. The van der Waals surface area contributed by atoms with Crippen molar-refractivity contribution in [1.82, 2.24) is 0 Å². The molecule has 4 atom stereocenters. The molecule has 16 heteroatoms. The second kappa shape index (κ2) is 11.6. The van der Waals surface area contributed by atoms with Gasteiger partial charge in [0, 0.05) is 0 Å². The van der Waals surface area contributed by atoms with Gasteiger partial charge < -0.3 is 29.6 Å². The summed E-state index contributed by atoms with van der Waals surface area (Å²) in [5, 5.41) is 3.79. The molecule has 4 unspecified atom stereocenters. The van der Waals surface area contributed by atoms with E-state index in [9.17, 15) is 18.6 Å². The van der Waals surface area contributed by atoms with Gasteiger partial charge in [0.2, 0.25) is 0 Å². The second-order valence-corrected chi connectivity index (χ2v) is 8.33. The van der Waals surface area contributed by atoms with E-state index >= 15 is 0 Å². The van der Waals surface area contributed by atoms with Gasteiger partial charge >= 0.3 is 74.9 Å². The number of phosphoric ester groups is 1. The van der Waals surface area contributed by atoms with Gasteiger partial charge in [-0.15, -0.1) is 0 Å². The first kappa shape index (κ1) is 27.2. The third kappa shape index (κ3) is 14.8. The third-order valence-electron chi connectivity index (χ3n) is 2.05. The quantitative estimate of drug-likeness (QED) is 0.223. The fraction of sp³-hybridized carbons (Fsp3) is 1.00. The zero-order valence-corrected chi connectivity index (χ0v) is 18.8. The van der Waals surface area contributed by atoms with Crippen LogP contribution in [-0.2, 0) is 31.6 Å². The Labute approximate surface area is 176 Å². The molecule has 0 amide bonds. The fourth-order valence-corrected chi connectivity index (χ4v) is 4.12. The van der Waals surface area contributed by atoms with E-state index in [-0.39, 0.29) is 51.4 Å². The van der Waals surface area contributed by atoms with E-state index in [1.54, 1.807) is 13.8 Å². The summed E-state index contributed by atoms with van der Waals surface area (Å²) in [6.07, 6.45) is -0.798. The molecule has 0 fully saturated rings. The van der Waals surface area contributed by atoms with Crippen molar-refractivity contribution >= 4 is 23.5 Å². The molecule has 0 radical (unpaired) electrons. The first-order valence-electron chi connectivity index (χ1n) is 5.83. The average molecular weight is 425 g/mol. The molecule has 134 valence electrons. The molecule has 0 aromatic rings. The van der Waals surface area contributed by atoms with Crippen LogP contribution >= 0.6 is 23.5 Å². The Kier molecular flexibility index (Phi) is 13.7. The number of rotatable bonds is 11. The van der Waals surface area contributed by atoms with E-state index < -0.39 is 42.4 Å². The molecule has 12 nitrogen and oxygen atoms in total. The molecule has 0 aliphatic rings. The van der Waals surface area contributed by atoms with E-state index in [1.165, 1.54) is 7.05 Å². The Morgan fingerprint density at radius 1 is 1.04 bits per heavy atom. The van der Waals surface area contributed by atoms with Gasteiger partial charge in [0.05, 0.1) is 12.7 Å². The molecule has 4 N–H and O–H groups in total. The smallest absolute Gasteiger partial charge is 0.640 e. The van der Waals surface area contributed by atoms with Crippen LogP contribution in [0.1, 0.15) is 20.3 Å². The van der Waals surface area contributed by atoms with Crippen molar-refractivity contribution in [2.75, 3.05) is 13.7 Å². The van der Waals surface area contributed by atoms with Gasteiger partial charge in [0.1, 0.15) is 0 Å². The average Bonchev–Trinajstić information content (AvgIpc) is 2.29. The molecule has 0 spiro atoms. The molecule has 0 aromatic heterocycles. The van der Waals surface area contributed by atoms with Crippen LogP contribution in [0.15, 0.2) is 0 Å². The molecule has 0 saturated heterocycles. The summed E-state index contributed by atoms with van der Waals surface area (Å²) >= 11 is 0.